The first-order valence-electron chi connectivity index (χ1n) is 9.46. The van der Waals surface area contributed by atoms with Gasteiger partial charge in [0.05, 0.1) is 18.5 Å². The number of nitrogens with zero attached hydrogens (tertiary/aromatic N) is 1. The Morgan fingerprint density at radius 3 is 2.36 bits per heavy atom. The molecule has 0 bridgehead atoms. The molecule has 6 nitrogen and oxygen atoms in total. The molecule has 7 heteroatoms. The van der Waals surface area contributed by atoms with E-state index in [9.17, 15) is 8.42 Å². The van der Waals surface area contributed by atoms with E-state index in [0.717, 1.165) is 12.5 Å². The van der Waals surface area contributed by atoms with Crippen LogP contribution in [0, 0.1) is 5.41 Å². The predicted molar refractivity (Wildman–Crippen MR) is 105 cm³/mol. The second-order valence-electron chi connectivity index (χ2n) is 7.88. The SMILES string of the molecule is CN=C(NCCOC1CCCCCC1)NCC(C)(C)CCS(C)(=O)=O. The lowest BCUT2D eigenvalue weighted by Crippen LogP contribution is -2.43. The van der Waals surface area contributed by atoms with Crippen LogP contribution in [0.25, 0.3) is 0 Å². The number of rotatable bonds is 9. The molecule has 148 valence electrons. The van der Waals surface area contributed by atoms with E-state index in [4.69, 9.17) is 4.74 Å². The van der Waals surface area contributed by atoms with Gasteiger partial charge < -0.3 is 15.4 Å². The Labute approximate surface area is 154 Å². The van der Waals surface area contributed by atoms with E-state index in [0.29, 0.717) is 25.7 Å². The van der Waals surface area contributed by atoms with Crippen molar-refractivity contribution >= 4 is 15.8 Å². The molecule has 0 aromatic rings. The molecule has 0 unspecified atom stereocenters. The van der Waals surface area contributed by atoms with Gasteiger partial charge in [-0.3, -0.25) is 4.99 Å². The van der Waals surface area contributed by atoms with Gasteiger partial charge in [0.25, 0.3) is 0 Å². The minimum atomic E-state index is -2.92. The summed E-state index contributed by atoms with van der Waals surface area (Å²) in [6.07, 6.45) is 9.92. The Morgan fingerprint density at radius 2 is 1.80 bits per heavy atom. The van der Waals surface area contributed by atoms with Crippen molar-refractivity contribution in [2.75, 3.05) is 38.8 Å². The number of hydrogen-bond acceptors (Lipinski definition) is 4. The van der Waals surface area contributed by atoms with Gasteiger partial charge in [-0.25, -0.2) is 8.42 Å². The molecular weight excluding hydrogens is 338 g/mol. The standard InChI is InChI=1S/C18H37N3O3S/c1-18(2,11-14-25(4,22)23)15-21-17(19-3)20-12-13-24-16-9-7-5-6-8-10-16/h16H,5-15H2,1-4H3,(H2,19,20,21). The summed E-state index contributed by atoms with van der Waals surface area (Å²) in [6, 6.07) is 0. The molecule has 1 fully saturated rings. The highest BCUT2D eigenvalue weighted by atomic mass is 32.2. The summed E-state index contributed by atoms with van der Waals surface area (Å²) in [6.45, 7) is 6.20. The Balaban J connectivity index is 2.23. The molecule has 0 aromatic heterocycles. The maximum absolute atomic E-state index is 11.3. The van der Waals surface area contributed by atoms with Crippen LogP contribution in [0.15, 0.2) is 4.99 Å². The lowest BCUT2D eigenvalue weighted by molar-refractivity contribution is 0.0468. The third-order valence-electron chi connectivity index (χ3n) is 4.66. The Morgan fingerprint density at radius 1 is 1.16 bits per heavy atom. The molecule has 2 N–H and O–H groups in total. The Kier molecular flexibility index (Phi) is 9.79. The quantitative estimate of drug-likeness (QED) is 0.280. The van der Waals surface area contributed by atoms with Crippen molar-refractivity contribution in [2.45, 2.75) is 64.9 Å². The summed E-state index contributed by atoms with van der Waals surface area (Å²) < 4.78 is 28.6. The van der Waals surface area contributed by atoms with Gasteiger partial charge in [-0.05, 0) is 24.7 Å². The average molecular weight is 376 g/mol. The fourth-order valence-electron chi connectivity index (χ4n) is 2.90. The number of hydrogen-bond donors (Lipinski definition) is 2. The molecule has 0 heterocycles. The van der Waals surface area contributed by atoms with Crippen LogP contribution in [-0.4, -0.2) is 59.2 Å². The van der Waals surface area contributed by atoms with E-state index < -0.39 is 9.84 Å². The maximum atomic E-state index is 11.3. The summed E-state index contributed by atoms with van der Waals surface area (Å²) in [5.74, 6) is 0.944. The summed E-state index contributed by atoms with van der Waals surface area (Å²) in [5, 5.41) is 6.55. The number of guanidine groups is 1. The molecule has 0 aliphatic heterocycles. The smallest absolute Gasteiger partial charge is 0.191 e. The summed E-state index contributed by atoms with van der Waals surface area (Å²) in [7, 11) is -1.18. The van der Waals surface area contributed by atoms with Gasteiger partial charge >= 0.3 is 0 Å². The van der Waals surface area contributed by atoms with E-state index in [2.05, 4.69) is 29.5 Å². The maximum Gasteiger partial charge on any atom is 0.191 e. The molecule has 0 spiro atoms. The number of ether oxygens (including phenoxy) is 1. The van der Waals surface area contributed by atoms with E-state index in [1.165, 1.54) is 44.8 Å². The monoisotopic (exact) mass is 375 g/mol. The van der Waals surface area contributed by atoms with Gasteiger partial charge in [-0.15, -0.1) is 0 Å². The topological polar surface area (TPSA) is 79.8 Å². The predicted octanol–water partition coefficient (Wildman–Crippen LogP) is 2.35. The highest BCUT2D eigenvalue weighted by molar-refractivity contribution is 7.90. The first-order chi connectivity index (χ1) is 11.7. The highest BCUT2D eigenvalue weighted by Gasteiger charge is 2.20. The van der Waals surface area contributed by atoms with Crippen molar-refractivity contribution in [1.29, 1.82) is 0 Å². The van der Waals surface area contributed by atoms with Gasteiger partial charge in [0, 0.05) is 26.4 Å². The third-order valence-corrected chi connectivity index (χ3v) is 5.60. The lowest BCUT2D eigenvalue weighted by Gasteiger charge is -2.26. The van der Waals surface area contributed by atoms with Crippen molar-refractivity contribution in [2.24, 2.45) is 10.4 Å². The Hall–Kier alpha value is -0.820. The lowest BCUT2D eigenvalue weighted by atomic mass is 9.90. The molecule has 0 saturated heterocycles. The average Bonchev–Trinajstić information content (AvgIpc) is 2.80. The summed E-state index contributed by atoms with van der Waals surface area (Å²) >= 11 is 0. The molecule has 0 aromatic carbocycles. The van der Waals surface area contributed by atoms with Crippen LogP contribution in [0.4, 0.5) is 0 Å². The molecule has 1 saturated carbocycles. The van der Waals surface area contributed by atoms with Gasteiger partial charge in [-0.2, -0.15) is 0 Å². The van der Waals surface area contributed by atoms with Crippen molar-refractivity contribution in [3.05, 3.63) is 0 Å². The molecule has 1 aliphatic carbocycles. The molecule has 0 atom stereocenters. The minimum absolute atomic E-state index is 0.114. The molecule has 0 amide bonds. The Bertz CT molecular complexity index is 496. The van der Waals surface area contributed by atoms with Crippen LogP contribution in [0.3, 0.4) is 0 Å². The normalized spacial score (nSPS) is 18.0. The van der Waals surface area contributed by atoms with Gasteiger partial charge in [0.15, 0.2) is 5.96 Å². The molecular formula is C18H37N3O3S. The van der Waals surface area contributed by atoms with E-state index in [1.54, 1.807) is 7.05 Å². The molecule has 1 aliphatic rings. The zero-order chi connectivity index (χ0) is 18.8. The fraction of sp³-hybridized carbons (Fsp3) is 0.944. The van der Waals surface area contributed by atoms with Crippen LogP contribution in [0.2, 0.25) is 0 Å². The number of nitrogens with one attached hydrogen (secondary N) is 2. The number of sulfone groups is 1. The van der Waals surface area contributed by atoms with E-state index >= 15 is 0 Å². The second-order valence-corrected chi connectivity index (χ2v) is 10.1. The first-order valence-corrected chi connectivity index (χ1v) is 11.5. The molecule has 1 rings (SSSR count). The van der Waals surface area contributed by atoms with Crippen LogP contribution < -0.4 is 10.6 Å². The van der Waals surface area contributed by atoms with Crippen LogP contribution in [0.5, 0.6) is 0 Å². The summed E-state index contributed by atoms with van der Waals surface area (Å²) in [5.41, 5.74) is -0.114. The van der Waals surface area contributed by atoms with E-state index in [1.807, 2.05) is 0 Å². The van der Waals surface area contributed by atoms with Crippen LogP contribution in [-0.2, 0) is 14.6 Å². The van der Waals surface area contributed by atoms with Gasteiger partial charge in [-0.1, -0.05) is 39.5 Å². The largest absolute Gasteiger partial charge is 0.376 e. The fourth-order valence-corrected chi connectivity index (χ4v) is 3.82. The van der Waals surface area contributed by atoms with Crippen molar-refractivity contribution < 1.29 is 13.2 Å². The van der Waals surface area contributed by atoms with Crippen LogP contribution >= 0.6 is 0 Å². The zero-order valence-electron chi connectivity index (χ0n) is 16.4. The van der Waals surface area contributed by atoms with E-state index in [-0.39, 0.29) is 11.2 Å². The van der Waals surface area contributed by atoms with Gasteiger partial charge in [0.1, 0.15) is 9.84 Å². The van der Waals surface area contributed by atoms with Crippen LogP contribution in [0.1, 0.15) is 58.8 Å². The highest BCUT2D eigenvalue weighted by Crippen LogP contribution is 2.20. The molecule has 0 radical (unpaired) electrons. The van der Waals surface area contributed by atoms with Crippen molar-refractivity contribution in [3.8, 4) is 0 Å². The van der Waals surface area contributed by atoms with Crippen molar-refractivity contribution in [1.82, 2.24) is 10.6 Å². The summed E-state index contributed by atoms with van der Waals surface area (Å²) in [4.78, 5) is 4.22. The zero-order valence-corrected chi connectivity index (χ0v) is 17.3. The minimum Gasteiger partial charge on any atom is -0.376 e. The van der Waals surface area contributed by atoms with Gasteiger partial charge in [0.2, 0.25) is 0 Å². The number of aliphatic imine (C=N–C) groups is 1. The third kappa shape index (κ3) is 11.4. The van der Waals surface area contributed by atoms with Crippen molar-refractivity contribution in [3.63, 3.8) is 0 Å². The molecule has 25 heavy (non-hydrogen) atoms. The second kappa shape index (κ2) is 11.0. The first kappa shape index (κ1) is 22.2.